The summed E-state index contributed by atoms with van der Waals surface area (Å²) in [6.07, 6.45) is 4.02. The van der Waals surface area contributed by atoms with Crippen LogP contribution in [-0.2, 0) is 0 Å². The van der Waals surface area contributed by atoms with Gasteiger partial charge in [0.25, 0.3) is 0 Å². The minimum absolute atomic E-state index is 1.05. The van der Waals surface area contributed by atoms with Gasteiger partial charge < -0.3 is 4.98 Å². The van der Waals surface area contributed by atoms with Gasteiger partial charge in [-0.25, -0.2) is 0 Å². The molecule has 0 saturated carbocycles. The van der Waals surface area contributed by atoms with Gasteiger partial charge in [0.2, 0.25) is 0 Å². The minimum Gasteiger partial charge on any atom is -0.353 e. The molecule has 4 aromatic carbocycles. The van der Waals surface area contributed by atoms with E-state index >= 15 is 0 Å². The summed E-state index contributed by atoms with van der Waals surface area (Å²) in [5.41, 5.74) is 16.3. The number of hydrogen-bond donors (Lipinski definition) is 1. The van der Waals surface area contributed by atoms with Crippen LogP contribution < -0.4 is 0 Å². The fourth-order valence-corrected chi connectivity index (χ4v) is 5.68. The molecule has 3 nitrogen and oxygen atoms in total. The van der Waals surface area contributed by atoms with Crippen LogP contribution in [0.15, 0.2) is 58.5 Å². The Kier molecular flexibility index (Phi) is 6.33. The molecule has 0 aliphatic rings. The van der Waals surface area contributed by atoms with E-state index in [2.05, 4.69) is 109 Å². The molecule has 3 heteroatoms. The number of fused-ring (bicyclic) bond motifs is 3. The lowest BCUT2D eigenvalue weighted by atomic mass is 10.0. The highest BCUT2D eigenvalue weighted by molar-refractivity contribution is 6.16. The molecule has 186 valence electrons. The van der Waals surface area contributed by atoms with Crippen molar-refractivity contribution in [1.29, 1.82) is 0 Å². The third kappa shape index (κ3) is 4.74. The second-order valence-corrected chi connectivity index (χ2v) is 10.7. The predicted molar refractivity (Wildman–Crippen MR) is 161 cm³/mol. The first-order chi connectivity index (χ1) is 17.6. The van der Waals surface area contributed by atoms with Crippen LogP contribution in [0.25, 0.3) is 21.8 Å². The Morgan fingerprint density at radius 2 is 0.784 bits per heavy atom. The molecule has 1 aromatic heterocycles. The van der Waals surface area contributed by atoms with Crippen molar-refractivity contribution in [1.82, 2.24) is 4.98 Å². The summed E-state index contributed by atoms with van der Waals surface area (Å²) in [4.78, 5) is 13.6. The number of nitrogens with zero attached hydrogens (tertiary/aromatic N) is 2. The molecule has 0 amide bonds. The van der Waals surface area contributed by atoms with Crippen LogP contribution in [0, 0.1) is 55.4 Å². The number of hydrogen-bond acceptors (Lipinski definition) is 2. The smallest absolute Gasteiger partial charge is 0.0688 e. The molecule has 0 radical (unpaired) electrons. The Bertz CT molecular complexity index is 1570. The zero-order valence-corrected chi connectivity index (χ0v) is 23.2. The first-order valence-corrected chi connectivity index (χ1v) is 12.9. The lowest BCUT2D eigenvalue weighted by Crippen LogP contribution is -1.89. The van der Waals surface area contributed by atoms with Crippen molar-refractivity contribution in [3.63, 3.8) is 0 Å². The summed E-state index contributed by atoms with van der Waals surface area (Å²) in [5.74, 6) is 0. The summed E-state index contributed by atoms with van der Waals surface area (Å²) < 4.78 is 0. The van der Waals surface area contributed by atoms with Gasteiger partial charge in [0.05, 0.1) is 22.4 Å². The Labute approximate surface area is 220 Å². The highest BCUT2D eigenvalue weighted by Crippen LogP contribution is 2.33. The molecule has 1 N–H and O–H groups in total. The Morgan fingerprint density at radius 3 is 1.14 bits per heavy atom. The van der Waals surface area contributed by atoms with E-state index in [-0.39, 0.29) is 0 Å². The maximum Gasteiger partial charge on any atom is 0.0688 e. The van der Waals surface area contributed by atoms with E-state index in [1.165, 1.54) is 55.3 Å². The first kappa shape index (κ1) is 24.7. The van der Waals surface area contributed by atoms with Crippen molar-refractivity contribution in [3.8, 4) is 0 Å². The van der Waals surface area contributed by atoms with Gasteiger partial charge in [0, 0.05) is 34.3 Å². The van der Waals surface area contributed by atoms with Crippen LogP contribution in [0.4, 0.5) is 11.4 Å². The van der Waals surface area contributed by atoms with Gasteiger partial charge in [-0.3, -0.25) is 9.98 Å². The van der Waals surface area contributed by atoms with Gasteiger partial charge >= 0.3 is 0 Å². The van der Waals surface area contributed by atoms with Crippen LogP contribution in [0.1, 0.15) is 55.6 Å². The molecule has 0 atom stereocenters. The molecular weight excluding hydrogens is 450 g/mol. The summed E-state index contributed by atoms with van der Waals surface area (Å²) >= 11 is 0. The fraction of sp³-hybridized carbons (Fsp3) is 0.235. The first-order valence-electron chi connectivity index (χ1n) is 12.9. The zero-order chi connectivity index (χ0) is 26.4. The maximum atomic E-state index is 4.95. The summed E-state index contributed by atoms with van der Waals surface area (Å²) in [7, 11) is 0. The number of H-pyrrole nitrogens is 1. The molecule has 0 aliphatic carbocycles. The lowest BCUT2D eigenvalue weighted by molar-refractivity contribution is 1.29. The van der Waals surface area contributed by atoms with Crippen molar-refractivity contribution < 1.29 is 0 Å². The van der Waals surface area contributed by atoms with Crippen LogP contribution in [0.5, 0.6) is 0 Å². The Hall–Kier alpha value is -3.98. The van der Waals surface area contributed by atoms with E-state index in [1.807, 2.05) is 12.4 Å². The van der Waals surface area contributed by atoms with Gasteiger partial charge in [-0.2, -0.15) is 0 Å². The van der Waals surface area contributed by atoms with Crippen molar-refractivity contribution in [2.75, 3.05) is 0 Å². The van der Waals surface area contributed by atoms with E-state index in [4.69, 9.17) is 9.98 Å². The Balaban J connectivity index is 1.66. The van der Waals surface area contributed by atoms with E-state index in [0.717, 1.165) is 33.5 Å². The van der Waals surface area contributed by atoms with Gasteiger partial charge in [-0.1, -0.05) is 35.4 Å². The molecule has 0 bridgehead atoms. The molecule has 5 aromatic rings. The average Bonchev–Trinajstić information content (AvgIpc) is 3.16. The van der Waals surface area contributed by atoms with Gasteiger partial charge in [-0.15, -0.1) is 0 Å². The van der Waals surface area contributed by atoms with E-state index in [0.29, 0.717) is 0 Å². The molecular formula is C34H35N3. The highest BCUT2D eigenvalue weighted by Gasteiger charge is 2.13. The van der Waals surface area contributed by atoms with E-state index < -0.39 is 0 Å². The second-order valence-electron chi connectivity index (χ2n) is 10.7. The average molecular weight is 486 g/mol. The van der Waals surface area contributed by atoms with Crippen LogP contribution in [0.2, 0.25) is 0 Å². The third-order valence-electron chi connectivity index (χ3n) is 7.10. The molecule has 0 unspecified atom stereocenters. The molecule has 5 rings (SSSR count). The van der Waals surface area contributed by atoms with Crippen LogP contribution in [-0.4, -0.2) is 17.4 Å². The SMILES string of the molecule is Cc1cc(C)c(N=Cc2cc(C)cc3c2[nH]c2c(C=Nc4c(C)cc(C)cc4C)cc(C)cc23)c(C)c1. The van der Waals surface area contributed by atoms with Crippen molar-refractivity contribution >= 4 is 45.6 Å². The molecule has 0 spiro atoms. The number of rotatable bonds is 4. The largest absolute Gasteiger partial charge is 0.353 e. The number of aromatic amines is 1. The zero-order valence-electron chi connectivity index (χ0n) is 23.2. The number of aliphatic imine (C=N–C) groups is 2. The quantitative estimate of drug-likeness (QED) is 0.246. The summed E-state index contributed by atoms with van der Waals surface area (Å²) in [5, 5.41) is 2.43. The normalized spacial score (nSPS) is 12.1. The number of aryl methyl sites for hydroxylation is 8. The molecule has 0 saturated heterocycles. The van der Waals surface area contributed by atoms with Crippen molar-refractivity contribution in [3.05, 3.63) is 104 Å². The fourth-order valence-electron chi connectivity index (χ4n) is 5.68. The van der Waals surface area contributed by atoms with Crippen molar-refractivity contribution in [2.45, 2.75) is 55.4 Å². The third-order valence-corrected chi connectivity index (χ3v) is 7.10. The topological polar surface area (TPSA) is 40.5 Å². The lowest BCUT2D eigenvalue weighted by Gasteiger charge is -2.07. The number of aromatic nitrogens is 1. The number of benzene rings is 4. The second kappa shape index (κ2) is 9.48. The van der Waals surface area contributed by atoms with Gasteiger partial charge in [0.15, 0.2) is 0 Å². The predicted octanol–water partition coefficient (Wildman–Crippen LogP) is 9.29. The Morgan fingerprint density at radius 1 is 0.459 bits per heavy atom. The van der Waals surface area contributed by atoms with E-state index in [9.17, 15) is 0 Å². The monoisotopic (exact) mass is 485 g/mol. The van der Waals surface area contributed by atoms with Crippen LogP contribution >= 0.6 is 0 Å². The number of nitrogens with one attached hydrogen (secondary N) is 1. The van der Waals surface area contributed by atoms with Crippen LogP contribution in [0.3, 0.4) is 0 Å². The van der Waals surface area contributed by atoms with Gasteiger partial charge in [0.1, 0.15) is 0 Å². The molecule has 0 aliphatic heterocycles. The molecule has 0 fully saturated rings. The maximum absolute atomic E-state index is 4.95. The standard InChI is InChI=1S/C34H35N3/c1-19-9-23(5)31(24(6)10-19)35-17-27-13-21(3)15-29-30-16-22(4)14-28(34(30)37-33(27)29)18-36-32-25(7)11-20(2)12-26(32)8/h9-18,37H,1-8H3. The summed E-state index contributed by atoms with van der Waals surface area (Å²) in [6.45, 7) is 17.1. The molecule has 1 heterocycles. The van der Waals surface area contributed by atoms with Crippen molar-refractivity contribution in [2.24, 2.45) is 9.98 Å². The van der Waals surface area contributed by atoms with E-state index in [1.54, 1.807) is 0 Å². The summed E-state index contributed by atoms with van der Waals surface area (Å²) in [6, 6.07) is 17.7. The minimum atomic E-state index is 1.05. The molecule has 37 heavy (non-hydrogen) atoms. The van der Waals surface area contributed by atoms with Gasteiger partial charge in [-0.05, 0) is 113 Å². The highest BCUT2D eigenvalue weighted by atomic mass is 14.8.